The van der Waals surface area contributed by atoms with Gasteiger partial charge in [-0.05, 0) is 33.6 Å². The molecule has 0 saturated carbocycles. The fourth-order valence-electron chi connectivity index (χ4n) is 2.26. The van der Waals surface area contributed by atoms with Crippen molar-refractivity contribution in [1.29, 1.82) is 0 Å². The Morgan fingerprint density at radius 1 is 1.17 bits per heavy atom. The van der Waals surface area contributed by atoms with Gasteiger partial charge in [-0.15, -0.1) is 0 Å². The largest absolute Gasteiger partial charge is 0.460 e. The summed E-state index contributed by atoms with van der Waals surface area (Å²) in [5.41, 5.74) is 0. The van der Waals surface area contributed by atoms with E-state index in [9.17, 15) is 20.1 Å². The van der Waals surface area contributed by atoms with E-state index in [1.54, 1.807) is 26.8 Å². The Morgan fingerprint density at radius 3 is 2.42 bits per heavy atom. The second kappa shape index (κ2) is 10.1. The summed E-state index contributed by atoms with van der Waals surface area (Å²) in [5.74, 6) is -0.410. The zero-order valence-corrected chi connectivity index (χ0v) is 14.2. The molecule has 0 aliphatic carbocycles. The molecule has 4 N–H and O–H groups in total. The Labute approximate surface area is 141 Å². The third-order valence-corrected chi connectivity index (χ3v) is 3.56. The number of carbonyl (C=O) groups excluding carboxylic acids is 1. The second-order valence-corrected chi connectivity index (χ2v) is 6.11. The molecule has 1 fully saturated rings. The molecule has 24 heavy (non-hydrogen) atoms. The molecular formula is C16H28O8. The van der Waals surface area contributed by atoms with Crippen molar-refractivity contribution >= 4 is 5.97 Å². The quantitative estimate of drug-likeness (QED) is 0.341. The molecule has 6 atom stereocenters. The highest BCUT2D eigenvalue weighted by Gasteiger charge is 2.44. The van der Waals surface area contributed by atoms with Gasteiger partial charge >= 0.3 is 5.97 Å². The van der Waals surface area contributed by atoms with Crippen LogP contribution in [0.15, 0.2) is 12.2 Å². The fourth-order valence-corrected chi connectivity index (χ4v) is 2.26. The molecule has 0 radical (unpaired) electrons. The summed E-state index contributed by atoms with van der Waals surface area (Å²) in [7, 11) is 0. The summed E-state index contributed by atoms with van der Waals surface area (Å²) in [4.78, 5) is 11.3. The van der Waals surface area contributed by atoms with Gasteiger partial charge in [-0.2, -0.15) is 0 Å². The van der Waals surface area contributed by atoms with Crippen molar-refractivity contribution in [3.8, 4) is 0 Å². The predicted octanol–water partition coefficient (Wildman–Crippen LogP) is -0.521. The molecule has 0 bridgehead atoms. The monoisotopic (exact) mass is 348 g/mol. The maximum Gasteiger partial charge on any atom is 0.330 e. The number of hydrogen-bond acceptors (Lipinski definition) is 8. The van der Waals surface area contributed by atoms with Crippen molar-refractivity contribution in [2.24, 2.45) is 0 Å². The smallest absolute Gasteiger partial charge is 0.330 e. The summed E-state index contributed by atoms with van der Waals surface area (Å²) >= 11 is 0. The normalized spacial score (nSPS) is 32.2. The topological polar surface area (TPSA) is 126 Å². The second-order valence-electron chi connectivity index (χ2n) is 6.11. The third-order valence-electron chi connectivity index (χ3n) is 3.56. The Kier molecular flexibility index (Phi) is 8.82. The molecular weight excluding hydrogens is 320 g/mol. The first-order valence-corrected chi connectivity index (χ1v) is 8.09. The van der Waals surface area contributed by atoms with E-state index in [0.717, 1.165) is 0 Å². The number of aliphatic hydroxyl groups excluding tert-OH is 4. The molecule has 1 rings (SSSR count). The van der Waals surface area contributed by atoms with Gasteiger partial charge in [0.15, 0.2) is 6.29 Å². The lowest BCUT2D eigenvalue weighted by Crippen LogP contribution is -2.59. The van der Waals surface area contributed by atoms with Crippen LogP contribution in [-0.4, -0.2) is 75.9 Å². The van der Waals surface area contributed by atoms with Crippen LogP contribution >= 0.6 is 0 Å². The van der Waals surface area contributed by atoms with E-state index in [2.05, 4.69) is 0 Å². The van der Waals surface area contributed by atoms with Crippen molar-refractivity contribution in [1.82, 2.24) is 0 Å². The van der Waals surface area contributed by atoms with Gasteiger partial charge in [0.25, 0.3) is 0 Å². The highest BCUT2D eigenvalue weighted by molar-refractivity contribution is 5.81. The van der Waals surface area contributed by atoms with E-state index >= 15 is 0 Å². The lowest BCUT2D eigenvalue weighted by molar-refractivity contribution is -0.310. The molecule has 0 amide bonds. The first-order chi connectivity index (χ1) is 11.3. The number of hydrogen-bond donors (Lipinski definition) is 4. The first-order valence-electron chi connectivity index (χ1n) is 8.09. The molecule has 0 aromatic carbocycles. The van der Waals surface area contributed by atoms with Gasteiger partial charge in [-0.3, -0.25) is 0 Å². The Morgan fingerprint density at radius 2 is 1.83 bits per heavy atom. The number of rotatable bonds is 8. The minimum absolute atomic E-state index is 0.171. The summed E-state index contributed by atoms with van der Waals surface area (Å²) in [6.07, 6.45) is -2.83. The van der Waals surface area contributed by atoms with E-state index in [1.807, 2.05) is 0 Å². The first kappa shape index (κ1) is 21.0. The van der Waals surface area contributed by atoms with Crippen LogP contribution in [0.1, 0.15) is 33.6 Å². The number of carbonyl (C=O) groups is 1. The van der Waals surface area contributed by atoms with Crippen molar-refractivity contribution in [3.63, 3.8) is 0 Å². The fraction of sp³-hybridized carbons (Fsp3) is 0.812. The van der Waals surface area contributed by atoms with Crippen molar-refractivity contribution in [2.45, 2.75) is 76.5 Å². The van der Waals surface area contributed by atoms with Crippen molar-refractivity contribution < 1.29 is 39.4 Å². The standard InChI is InChI=1S/C16H28O8/c1-9(2)22-12(18)7-5-4-6-10(3)23-16-15(21)14(20)13(19)11(8-17)24-16/h5,7,9-11,13-17,19-21H,4,6,8H2,1-3H3/b7-5-/t10-,11+,13?,14-,15-,16?/m1/s1. The molecule has 1 heterocycles. The van der Waals surface area contributed by atoms with Crippen LogP contribution in [-0.2, 0) is 19.0 Å². The van der Waals surface area contributed by atoms with Crippen LogP contribution in [0.3, 0.4) is 0 Å². The molecule has 0 spiro atoms. The van der Waals surface area contributed by atoms with Gasteiger partial charge in [0.2, 0.25) is 0 Å². The van der Waals surface area contributed by atoms with Crippen LogP contribution in [0.25, 0.3) is 0 Å². The molecule has 0 aromatic rings. The Hall–Kier alpha value is -1.03. The molecule has 8 nitrogen and oxygen atoms in total. The summed E-state index contributed by atoms with van der Waals surface area (Å²) in [6.45, 7) is 4.78. The molecule has 1 saturated heterocycles. The average molecular weight is 348 g/mol. The Bertz CT molecular complexity index is 409. The molecule has 2 unspecified atom stereocenters. The van der Waals surface area contributed by atoms with E-state index in [4.69, 9.17) is 19.3 Å². The lowest BCUT2D eigenvalue weighted by atomic mass is 9.99. The van der Waals surface area contributed by atoms with Crippen molar-refractivity contribution in [2.75, 3.05) is 6.61 Å². The summed E-state index contributed by atoms with van der Waals surface area (Å²) in [6, 6.07) is 0. The highest BCUT2D eigenvalue weighted by atomic mass is 16.7. The maximum absolute atomic E-state index is 11.3. The van der Waals surface area contributed by atoms with E-state index in [1.165, 1.54) is 6.08 Å². The van der Waals surface area contributed by atoms with Gasteiger partial charge in [0.05, 0.1) is 18.8 Å². The molecule has 1 aliphatic heterocycles. The highest BCUT2D eigenvalue weighted by Crippen LogP contribution is 2.23. The number of allylic oxidation sites excluding steroid dienone is 1. The maximum atomic E-state index is 11.3. The summed E-state index contributed by atoms with van der Waals surface area (Å²) < 4.78 is 15.7. The predicted molar refractivity (Wildman–Crippen MR) is 83.9 cm³/mol. The van der Waals surface area contributed by atoms with Gasteiger partial charge in [-0.1, -0.05) is 6.08 Å². The minimum Gasteiger partial charge on any atom is -0.460 e. The average Bonchev–Trinajstić information content (AvgIpc) is 2.51. The van der Waals surface area contributed by atoms with Gasteiger partial charge in [0, 0.05) is 6.08 Å². The molecule has 8 heteroatoms. The summed E-state index contributed by atoms with van der Waals surface area (Å²) in [5, 5.41) is 38.4. The number of ether oxygens (including phenoxy) is 3. The van der Waals surface area contributed by atoms with E-state index in [-0.39, 0.29) is 12.2 Å². The van der Waals surface area contributed by atoms with Crippen LogP contribution < -0.4 is 0 Å². The molecule has 0 aromatic heterocycles. The van der Waals surface area contributed by atoms with Crippen LogP contribution in [0.5, 0.6) is 0 Å². The number of aliphatic hydroxyl groups is 4. The van der Waals surface area contributed by atoms with E-state index < -0.39 is 43.3 Å². The lowest BCUT2D eigenvalue weighted by Gasteiger charge is -2.40. The van der Waals surface area contributed by atoms with Gasteiger partial charge in [0.1, 0.15) is 24.4 Å². The van der Waals surface area contributed by atoms with Gasteiger partial charge < -0.3 is 34.6 Å². The Balaban J connectivity index is 2.40. The van der Waals surface area contributed by atoms with Crippen LogP contribution in [0, 0.1) is 0 Å². The zero-order chi connectivity index (χ0) is 18.3. The SMILES string of the molecule is CC(C)OC(=O)/C=C\CC[C@@H](C)OC1O[C@@H](CO)C(O)[C@@H](O)[C@H]1O. The molecule has 1 aliphatic rings. The minimum atomic E-state index is -1.46. The third kappa shape index (κ3) is 6.46. The number of esters is 1. The van der Waals surface area contributed by atoms with Crippen molar-refractivity contribution in [3.05, 3.63) is 12.2 Å². The van der Waals surface area contributed by atoms with Crippen LogP contribution in [0.4, 0.5) is 0 Å². The van der Waals surface area contributed by atoms with Crippen LogP contribution in [0.2, 0.25) is 0 Å². The molecule has 140 valence electrons. The van der Waals surface area contributed by atoms with E-state index in [0.29, 0.717) is 12.8 Å². The van der Waals surface area contributed by atoms with Gasteiger partial charge in [-0.25, -0.2) is 4.79 Å². The zero-order valence-electron chi connectivity index (χ0n) is 14.2.